The van der Waals surface area contributed by atoms with Crippen LogP contribution in [-0.4, -0.2) is 17.4 Å². The van der Waals surface area contributed by atoms with E-state index in [1.54, 1.807) is 12.1 Å². The van der Waals surface area contributed by atoms with Crippen LogP contribution in [0.3, 0.4) is 0 Å². The molecule has 0 saturated heterocycles. The van der Waals surface area contributed by atoms with E-state index in [0.29, 0.717) is 18.8 Å². The van der Waals surface area contributed by atoms with E-state index in [1.807, 2.05) is 0 Å². The van der Waals surface area contributed by atoms with Gasteiger partial charge >= 0.3 is 12.3 Å². The molecular formula is C25H35F3O3. The Kier molecular flexibility index (Phi) is 7.59. The highest BCUT2D eigenvalue weighted by atomic mass is 19.4. The van der Waals surface area contributed by atoms with Crippen molar-refractivity contribution in [1.29, 1.82) is 0 Å². The molecule has 0 amide bonds. The molecule has 1 aromatic rings. The minimum atomic E-state index is -4.73. The summed E-state index contributed by atoms with van der Waals surface area (Å²) in [7, 11) is 0. The normalized spacial score (nSPS) is 26.4. The Morgan fingerprint density at radius 1 is 1.03 bits per heavy atom. The molecule has 2 aliphatic carbocycles. The van der Waals surface area contributed by atoms with Crippen molar-refractivity contribution in [2.45, 2.75) is 102 Å². The van der Waals surface area contributed by atoms with Crippen LogP contribution in [0.5, 0.6) is 5.75 Å². The number of carboxylic acid groups (broad SMARTS) is 1. The molecule has 0 spiro atoms. The molecule has 174 valence electrons. The summed E-state index contributed by atoms with van der Waals surface area (Å²) >= 11 is 0. The summed E-state index contributed by atoms with van der Waals surface area (Å²) in [6.45, 7) is 2.19. The standard InChI is InChI=1S/C25H35F3O3/c1-2-3-5-8-19-13-17-23(18-14-19,24(22(29)30)15-6-4-7-16-24)20-9-11-21(12-10-20)31-25(26,27)28/h9-12,19H,2-8,13-18H2,1H3,(H,29,30). The fourth-order valence-corrected chi connectivity index (χ4v) is 6.21. The van der Waals surface area contributed by atoms with Gasteiger partial charge in [0.15, 0.2) is 0 Å². The summed E-state index contributed by atoms with van der Waals surface area (Å²) in [5, 5.41) is 10.4. The monoisotopic (exact) mass is 440 g/mol. The quantitative estimate of drug-likeness (QED) is 0.423. The van der Waals surface area contributed by atoms with Gasteiger partial charge < -0.3 is 9.84 Å². The number of hydrogen-bond donors (Lipinski definition) is 1. The lowest BCUT2D eigenvalue weighted by Crippen LogP contribution is -2.53. The van der Waals surface area contributed by atoms with E-state index < -0.39 is 23.2 Å². The molecule has 0 aromatic heterocycles. The third-order valence-corrected chi connectivity index (χ3v) is 7.85. The Bertz CT molecular complexity index is 713. The molecule has 2 saturated carbocycles. The van der Waals surface area contributed by atoms with E-state index in [1.165, 1.54) is 37.8 Å². The van der Waals surface area contributed by atoms with Crippen molar-refractivity contribution in [2.75, 3.05) is 0 Å². The van der Waals surface area contributed by atoms with E-state index in [2.05, 4.69) is 11.7 Å². The van der Waals surface area contributed by atoms with Gasteiger partial charge in [0.2, 0.25) is 0 Å². The molecule has 6 heteroatoms. The first-order valence-electron chi connectivity index (χ1n) is 11.8. The lowest BCUT2D eigenvalue weighted by atomic mass is 9.49. The van der Waals surface area contributed by atoms with Crippen LogP contribution in [0.25, 0.3) is 0 Å². The van der Waals surface area contributed by atoms with Crippen molar-refractivity contribution in [3.8, 4) is 5.75 Å². The molecule has 2 fully saturated rings. The average Bonchev–Trinajstić information content (AvgIpc) is 2.74. The summed E-state index contributed by atoms with van der Waals surface area (Å²) in [6, 6.07) is 6.04. The number of carboxylic acids is 1. The lowest BCUT2D eigenvalue weighted by molar-refractivity contribution is -0.274. The SMILES string of the molecule is CCCCCC1CCC(c2ccc(OC(F)(F)F)cc2)(C2(C(=O)O)CCCCC2)CC1. The summed E-state index contributed by atoms with van der Waals surface area (Å²) in [4.78, 5) is 12.7. The van der Waals surface area contributed by atoms with Crippen LogP contribution in [0.15, 0.2) is 24.3 Å². The number of halogens is 3. The van der Waals surface area contributed by atoms with Gasteiger partial charge in [-0.15, -0.1) is 13.2 Å². The van der Waals surface area contributed by atoms with Gasteiger partial charge in [0, 0.05) is 5.41 Å². The molecule has 3 rings (SSSR count). The number of rotatable bonds is 8. The highest BCUT2D eigenvalue weighted by Crippen LogP contribution is 2.59. The number of hydrogen-bond acceptors (Lipinski definition) is 2. The molecule has 31 heavy (non-hydrogen) atoms. The Labute approximate surface area is 183 Å². The molecule has 1 aromatic carbocycles. The molecule has 0 radical (unpaired) electrons. The minimum Gasteiger partial charge on any atom is -0.481 e. The zero-order valence-corrected chi connectivity index (χ0v) is 18.5. The van der Waals surface area contributed by atoms with Crippen LogP contribution in [0.2, 0.25) is 0 Å². The zero-order valence-electron chi connectivity index (χ0n) is 18.5. The largest absolute Gasteiger partial charge is 0.573 e. The number of aliphatic carboxylic acids is 1. The molecule has 0 bridgehead atoms. The maximum atomic E-state index is 12.7. The van der Waals surface area contributed by atoms with Crippen LogP contribution in [0.4, 0.5) is 13.2 Å². The maximum absolute atomic E-state index is 12.7. The van der Waals surface area contributed by atoms with Gasteiger partial charge in [0.05, 0.1) is 5.41 Å². The highest BCUT2D eigenvalue weighted by molar-refractivity contribution is 5.77. The maximum Gasteiger partial charge on any atom is 0.573 e. The van der Waals surface area contributed by atoms with Gasteiger partial charge in [-0.25, -0.2) is 0 Å². The fourth-order valence-electron chi connectivity index (χ4n) is 6.21. The predicted molar refractivity (Wildman–Crippen MR) is 114 cm³/mol. The van der Waals surface area contributed by atoms with Crippen molar-refractivity contribution < 1.29 is 27.8 Å². The summed E-state index contributed by atoms with van der Waals surface area (Å²) in [5.74, 6) is -0.387. The summed E-state index contributed by atoms with van der Waals surface area (Å²) in [6.07, 6.45) is 7.73. The molecule has 0 heterocycles. The second kappa shape index (κ2) is 9.83. The molecule has 1 N–H and O–H groups in total. The Morgan fingerprint density at radius 3 is 2.16 bits per heavy atom. The van der Waals surface area contributed by atoms with E-state index in [-0.39, 0.29) is 5.75 Å². The second-order valence-electron chi connectivity index (χ2n) is 9.54. The molecular weight excluding hydrogens is 405 g/mol. The first-order valence-corrected chi connectivity index (χ1v) is 11.8. The molecule has 0 aliphatic heterocycles. The zero-order chi connectivity index (χ0) is 22.5. The third kappa shape index (κ3) is 5.20. The number of benzene rings is 1. The predicted octanol–water partition coefficient (Wildman–Crippen LogP) is 7.63. The topological polar surface area (TPSA) is 46.5 Å². The highest BCUT2D eigenvalue weighted by Gasteiger charge is 2.58. The van der Waals surface area contributed by atoms with Gasteiger partial charge in [0.25, 0.3) is 0 Å². The van der Waals surface area contributed by atoms with E-state index in [9.17, 15) is 23.1 Å². The number of ether oxygens (including phenoxy) is 1. The van der Waals surface area contributed by atoms with Crippen molar-refractivity contribution >= 4 is 5.97 Å². The van der Waals surface area contributed by atoms with Gasteiger partial charge in [-0.1, -0.05) is 64.0 Å². The Balaban J connectivity index is 1.91. The van der Waals surface area contributed by atoms with Crippen LogP contribution in [0, 0.1) is 11.3 Å². The average molecular weight is 441 g/mol. The molecule has 3 nitrogen and oxygen atoms in total. The van der Waals surface area contributed by atoms with Gasteiger partial charge in [0.1, 0.15) is 5.75 Å². The van der Waals surface area contributed by atoms with Crippen molar-refractivity contribution in [3.05, 3.63) is 29.8 Å². The van der Waals surface area contributed by atoms with Crippen LogP contribution in [-0.2, 0) is 10.2 Å². The van der Waals surface area contributed by atoms with Crippen LogP contribution < -0.4 is 4.74 Å². The van der Waals surface area contributed by atoms with Crippen molar-refractivity contribution in [1.82, 2.24) is 0 Å². The van der Waals surface area contributed by atoms with E-state index in [4.69, 9.17) is 0 Å². The smallest absolute Gasteiger partial charge is 0.481 e. The summed E-state index contributed by atoms with van der Waals surface area (Å²) < 4.78 is 41.9. The minimum absolute atomic E-state index is 0.257. The van der Waals surface area contributed by atoms with Crippen LogP contribution in [0.1, 0.15) is 96.0 Å². The van der Waals surface area contributed by atoms with E-state index in [0.717, 1.165) is 50.5 Å². The van der Waals surface area contributed by atoms with E-state index >= 15 is 0 Å². The Hall–Kier alpha value is -1.72. The summed E-state index contributed by atoms with van der Waals surface area (Å²) in [5.41, 5.74) is -0.512. The lowest BCUT2D eigenvalue weighted by Gasteiger charge is -2.53. The number of carbonyl (C=O) groups is 1. The van der Waals surface area contributed by atoms with Crippen molar-refractivity contribution in [3.63, 3.8) is 0 Å². The van der Waals surface area contributed by atoms with Crippen molar-refractivity contribution in [2.24, 2.45) is 11.3 Å². The fraction of sp³-hybridized carbons (Fsp3) is 0.720. The van der Waals surface area contributed by atoms with Crippen LogP contribution >= 0.6 is 0 Å². The van der Waals surface area contributed by atoms with Gasteiger partial charge in [-0.2, -0.15) is 0 Å². The first-order chi connectivity index (χ1) is 14.7. The molecule has 0 atom stereocenters. The molecule has 0 unspecified atom stereocenters. The third-order valence-electron chi connectivity index (χ3n) is 7.85. The molecule has 2 aliphatic rings. The first kappa shape index (κ1) is 23.9. The van der Waals surface area contributed by atoms with Gasteiger partial charge in [-0.3, -0.25) is 4.79 Å². The Morgan fingerprint density at radius 2 is 1.65 bits per heavy atom. The second-order valence-corrected chi connectivity index (χ2v) is 9.54. The van der Waals surface area contributed by atoms with Gasteiger partial charge in [-0.05, 0) is 62.1 Å². The number of alkyl halides is 3. The number of unbranched alkanes of at least 4 members (excludes halogenated alkanes) is 2.